The van der Waals surface area contributed by atoms with Gasteiger partial charge in [0.1, 0.15) is 0 Å². The summed E-state index contributed by atoms with van der Waals surface area (Å²) in [5.41, 5.74) is 2.61. The van der Waals surface area contributed by atoms with Gasteiger partial charge in [-0.2, -0.15) is 0 Å². The normalized spacial score (nSPS) is 24.1. The first kappa shape index (κ1) is 13.5. The minimum absolute atomic E-state index is 0.569. The van der Waals surface area contributed by atoms with Gasteiger partial charge in [-0.1, -0.05) is 51.2 Å². The lowest BCUT2D eigenvalue weighted by atomic mass is 9.85. The van der Waals surface area contributed by atoms with Crippen molar-refractivity contribution in [1.82, 2.24) is 0 Å². The molecule has 0 saturated carbocycles. The Labute approximate surface area is 116 Å². The third-order valence-corrected chi connectivity index (χ3v) is 4.72. The Hall–Kier alpha value is -0.890. The second-order valence-electron chi connectivity index (χ2n) is 5.66. The number of rotatable bonds is 3. The first-order valence-electron chi connectivity index (χ1n) is 6.93. The SMILES string of the molecule is CCC1C(=S)N(c2ccccc2C)CC1C(C)C. The number of benzene rings is 1. The molecular formula is C16H23NS. The maximum atomic E-state index is 5.72. The highest BCUT2D eigenvalue weighted by molar-refractivity contribution is 7.80. The van der Waals surface area contributed by atoms with Crippen LogP contribution in [0.3, 0.4) is 0 Å². The van der Waals surface area contributed by atoms with Gasteiger partial charge in [-0.05, 0) is 36.8 Å². The highest BCUT2D eigenvalue weighted by Crippen LogP contribution is 2.37. The Morgan fingerprint density at radius 2 is 2.00 bits per heavy atom. The molecule has 18 heavy (non-hydrogen) atoms. The van der Waals surface area contributed by atoms with Crippen LogP contribution in [-0.2, 0) is 0 Å². The smallest absolute Gasteiger partial charge is 0.0858 e. The average molecular weight is 261 g/mol. The summed E-state index contributed by atoms with van der Waals surface area (Å²) in [5, 5.41) is 0. The maximum absolute atomic E-state index is 5.72. The standard InChI is InChI=1S/C16H23NS/c1-5-13-14(11(2)3)10-17(16(13)18)15-9-7-6-8-12(15)4/h6-9,11,13-14H,5,10H2,1-4H3. The average Bonchev–Trinajstić information content (AvgIpc) is 2.67. The van der Waals surface area contributed by atoms with E-state index in [0.29, 0.717) is 17.8 Å². The van der Waals surface area contributed by atoms with Crippen LogP contribution in [0.1, 0.15) is 32.8 Å². The predicted octanol–water partition coefficient (Wildman–Crippen LogP) is 4.44. The number of hydrogen-bond donors (Lipinski definition) is 0. The Kier molecular flexibility index (Phi) is 4.06. The van der Waals surface area contributed by atoms with E-state index in [9.17, 15) is 0 Å². The van der Waals surface area contributed by atoms with Gasteiger partial charge in [0, 0.05) is 18.2 Å². The van der Waals surface area contributed by atoms with Gasteiger partial charge in [0.25, 0.3) is 0 Å². The molecule has 2 heteroatoms. The summed E-state index contributed by atoms with van der Waals surface area (Å²) >= 11 is 5.72. The summed E-state index contributed by atoms with van der Waals surface area (Å²) in [4.78, 5) is 3.51. The number of anilines is 1. The van der Waals surface area contributed by atoms with Gasteiger partial charge in [-0.15, -0.1) is 0 Å². The summed E-state index contributed by atoms with van der Waals surface area (Å²) in [7, 11) is 0. The predicted molar refractivity (Wildman–Crippen MR) is 83.2 cm³/mol. The molecule has 1 aliphatic rings. The highest BCUT2D eigenvalue weighted by atomic mass is 32.1. The first-order chi connectivity index (χ1) is 8.56. The lowest BCUT2D eigenvalue weighted by molar-refractivity contribution is 0.343. The summed E-state index contributed by atoms with van der Waals surface area (Å²) in [6, 6.07) is 8.56. The van der Waals surface area contributed by atoms with E-state index in [4.69, 9.17) is 12.2 Å². The van der Waals surface area contributed by atoms with Crippen molar-refractivity contribution in [2.45, 2.75) is 34.1 Å². The van der Waals surface area contributed by atoms with Gasteiger partial charge in [-0.25, -0.2) is 0 Å². The molecule has 2 unspecified atom stereocenters. The van der Waals surface area contributed by atoms with Crippen molar-refractivity contribution in [3.05, 3.63) is 29.8 Å². The zero-order chi connectivity index (χ0) is 13.3. The van der Waals surface area contributed by atoms with Crippen LogP contribution in [0.5, 0.6) is 0 Å². The molecule has 1 fully saturated rings. The summed E-state index contributed by atoms with van der Waals surface area (Å²) in [6.07, 6.45) is 1.16. The van der Waals surface area contributed by atoms with E-state index in [1.165, 1.54) is 11.3 Å². The molecule has 2 atom stereocenters. The molecule has 1 heterocycles. The zero-order valence-electron chi connectivity index (χ0n) is 11.8. The number of para-hydroxylation sites is 1. The van der Waals surface area contributed by atoms with Gasteiger partial charge in [0.2, 0.25) is 0 Å². The number of aryl methyl sites for hydroxylation is 1. The van der Waals surface area contributed by atoms with Crippen molar-refractivity contribution in [2.24, 2.45) is 17.8 Å². The Bertz CT molecular complexity index is 438. The van der Waals surface area contributed by atoms with Gasteiger partial charge >= 0.3 is 0 Å². The van der Waals surface area contributed by atoms with Crippen molar-refractivity contribution >= 4 is 22.9 Å². The van der Waals surface area contributed by atoms with Crippen LogP contribution in [0.2, 0.25) is 0 Å². The third-order valence-electron chi connectivity index (χ3n) is 4.20. The molecule has 0 N–H and O–H groups in total. The molecular weight excluding hydrogens is 238 g/mol. The van der Waals surface area contributed by atoms with E-state index in [1.807, 2.05) is 0 Å². The van der Waals surface area contributed by atoms with Gasteiger partial charge in [0.05, 0.1) is 4.99 Å². The Balaban J connectivity index is 2.32. The van der Waals surface area contributed by atoms with E-state index in [0.717, 1.165) is 18.0 Å². The largest absolute Gasteiger partial charge is 0.335 e. The molecule has 1 saturated heterocycles. The second kappa shape index (κ2) is 5.40. The topological polar surface area (TPSA) is 3.24 Å². The molecule has 0 aliphatic carbocycles. The Morgan fingerprint density at radius 3 is 2.50 bits per heavy atom. The molecule has 0 spiro atoms. The van der Waals surface area contributed by atoms with E-state index < -0.39 is 0 Å². The van der Waals surface area contributed by atoms with E-state index >= 15 is 0 Å². The fourth-order valence-corrected chi connectivity index (χ4v) is 3.56. The van der Waals surface area contributed by atoms with Crippen LogP contribution < -0.4 is 4.90 Å². The van der Waals surface area contributed by atoms with Gasteiger partial charge in [0.15, 0.2) is 0 Å². The molecule has 0 aromatic heterocycles. The molecule has 1 aromatic carbocycles. The van der Waals surface area contributed by atoms with Crippen LogP contribution in [0, 0.1) is 24.7 Å². The summed E-state index contributed by atoms with van der Waals surface area (Å²) in [6.45, 7) is 10.1. The highest BCUT2D eigenvalue weighted by Gasteiger charge is 2.38. The number of thiocarbonyl (C=S) groups is 1. The monoisotopic (exact) mass is 261 g/mol. The molecule has 98 valence electrons. The van der Waals surface area contributed by atoms with E-state index in [-0.39, 0.29) is 0 Å². The first-order valence-corrected chi connectivity index (χ1v) is 7.34. The van der Waals surface area contributed by atoms with Crippen LogP contribution in [0.25, 0.3) is 0 Å². The molecule has 1 aromatic rings. The minimum Gasteiger partial charge on any atom is -0.335 e. The van der Waals surface area contributed by atoms with Crippen LogP contribution in [-0.4, -0.2) is 11.5 Å². The van der Waals surface area contributed by atoms with Crippen LogP contribution >= 0.6 is 12.2 Å². The molecule has 1 nitrogen and oxygen atoms in total. The molecule has 0 bridgehead atoms. The van der Waals surface area contributed by atoms with Crippen molar-refractivity contribution in [3.63, 3.8) is 0 Å². The second-order valence-corrected chi connectivity index (χ2v) is 6.08. The zero-order valence-corrected chi connectivity index (χ0v) is 12.6. The van der Waals surface area contributed by atoms with Crippen LogP contribution in [0.15, 0.2) is 24.3 Å². The van der Waals surface area contributed by atoms with E-state index in [1.54, 1.807) is 0 Å². The van der Waals surface area contributed by atoms with Crippen molar-refractivity contribution in [3.8, 4) is 0 Å². The minimum atomic E-state index is 0.569. The fourth-order valence-electron chi connectivity index (χ4n) is 3.05. The summed E-state index contributed by atoms with van der Waals surface area (Å²) in [5.74, 6) is 1.96. The summed E-state index contributed by atoms with van der Waals surface area (Å²) < 4.78 is 0. The number of hydrogen-bond acceptors (Lipinski definition) is 1. The molecule has 1 aliphatic heterocycles. The fraction of sp³-hybridized carbons (Fsp3) is 0.562. The molecule has 0 radical (unpaired) electrons. The molecule has 0 amide bonds. The Morgan fingerprint density at radius 1 is 1.33 bits per heavy atom. The van der Waals surface area contributed by atoms with Crippen LogP contribution in [0.4, 0.5) is 5.69 Å². The maximum Gasteiger partial charge on any atom is 0.0858 e. The van der Waals surface area contributed by atoms with Crippen molar-refractivity contribution < 1.29 is 0 Å². The number of nitrogens with zero attached hydrogens (tertiary/aromatic N) is 1. The lowest BCUT2D eigenvalue weighted by Crippen LogP contribution is -2.25. The van der Waals surface area contributed by atoms with Crippen molar-refractivity contribution in [1.29, 1.82) is 0 Å². The van der Waals surface area contributed by atoms with E-state index in [2.05, 4.69) is 56.9 Å². The van der Waals surface area contributed by atoms with Gasteiger partial charge < -0.3 is 4.90 Å². The van der Waals surface area contributed by atoms with Gasteiger partial charge in [-0.3, -0.25) is 0 Å². The third kappa shape index (κ3) is 2.31. The molecule has 2 rings (SSSR count). The quantitative estimate of drug-likeness (QED) is 0.740. The lowest BCUT2D eigenvalue weighted by Gasteiger charge is -2.21. The van der Waals surface area contributed by atoms with Crippen molar-refractivity contribution in [2.75, 3.05) is 11.4 Å².